The van der Waals surface area contributed by atoms with E-state index >= 15 is 0 Å². The minimum absolute atomic E-state index is 0.0738. The Morgan fingerprint density at radius 3 is 2.60 bits per heavy atom. The molecule has 0 atom stereocenters. The zero-order chi connectivity index (χ0) is 11.5. The standard InChI is InChI=1S/C12H15ClO2/c1-12(2,3)9-5-4-6-10(7-9)15-8-11(13)14/h4-7H,8H2,1-3H3. The lowest BCUT2D eigenvalue weighted by Crippen LogP contribution is -2.11. The van der Waals surface area contributed by atoms with Gasteiger partial charge in [-0.05, 0) is 34.7 Å². The Labute approximate surface area is 95.2 Å². The van der Waals surface area contributed by atoms with Gasteiger partial charge in [-0.2, -0.15) is 0 Å². The molecule has 1 aromatic rings. The van der Waals surface area contributed by atoms with Gasteiger partial charge >= 0.3 is 0 Å². The Morgan fingerprint density at radius 2 is 2.07 bits per heavy atom. The number of benzene rings is 1. The molecule has 1 rings (SSSR count). The predicted octanol–water partition coefficient (Wildman–Crippen LogP) is 3.13. The normalized spacial score (nSPS) is 11.2. The Bertz CT molecular complexity index is 353. The molecule has 1 aromatic carbocycles. The van der Waals surface area contributed by atoms with Crippen LogP contribution in [0.5, 0.6) is 5.75 Å². The number of carbonyl (C=O) groups is 1. The van der Waals surface area contributed by atoms with Crippen molar-refractivity contribution in [1.82, 2.24) is 0 Å². The lowest BCUT2D eigenvalue weighted by molar-refractivity contribution is -0.113. The van der Waals surface area contributed by atoms with Gasteiger partial charge < -0.3 is 4.74 Å². The maximum atomic E-state index is 10.5. The van der Waals surface area contributed by atoms with Crippen LogP contribution in [0.25, 0.3) is 0 Å². The summed E-state index contributed by atoms with van der Waals surface area (Å²) in [5.74, 6) is 0.677. The fourth-order valence-corrected chi connectivity index (χ4v) is 1.25. The molecule has 0 fully saturated rings. The van der Waals surface area contributed by atoms with Crippen molar-refractivity contribution in [2.75, 3.05) is 6.61 Å². The third kappa shape index (κ3) is 3.92. The van der Waals surface area contributed by atoms with Gasteiger partial charge in [-0.3, -0.25) is 4.79 Å². The zero-order valence-electron chi connectivity index (χ0n) is 9.21. The van der Waals surface area contributed by atoms with Crippen LogP contribution in [-0.2, 0) is 10.2 Å². The third-order valence-corrected chi connectivity index (χ3v) is 2.16. The minimum atomic E-state index is -0.490. The molecule has 0 heterocycles. The molecule has 82 valence electrons. The Hall–Kier alpha value is -1.02. The summed E-state index contributed by atoms with van der Waals surface area (Å²) in [4.78, 5) is 10.5. The topological polar surface area (TPSA) is 26.3 Å². The maximum absolute atomic E-state index is 10.5. The van der Waals surface area contributed by atoms with Crippen LogP contribution in [-0.4, -0.2) is 11.8 Å². The SMILES string of the molecule is CC(C)(C)c1cccc(OCC(=O)Cl)c1. The van der Waals surface area contributed by atoms with E-state index in [1.807, 2.05) is 24.3 Å². The molecule has 0 amide bonds. The van der Waals surface area contributed by atoms with Crippen molar-refractivity contribution in [3.8, 4) is 5.75 Å². The highest BCUT2D eigenvalue weighted by Crippen LogP contribution is 2.25. The van der Waals surface area contributed by atoms with Gasteiger partial charge in [0.2, 0.25) is 0 Å². The summed E-state index contributed by atoms with van der Waals surface area (Å²) in [6.07, 6.45) is 0. The van der Waals surface area contributed by atoms with Crippen LogP contribution in [0.3, 0.4) is 0 Å². The Morgan fingerprint density at radius 1 is 1.40 bits per heavy atom. The minimum Gasteiger partial charge on any atom is -0.484 e. The lowest BCUT2D eigenvalue weighted by atomic mass is 9.87. The lowest BCUT2D eigenvalue weighted by Gasteiger charge is -2.19. The summed E-state index contributed by atoms with van der Waals surface area (Å²) in [5.41, 5.74) is 1.24. The average molecular weight is 227 g/mol. The van der Waals surface area contributed by atoms with Crippen LogP contribution < -0.4 is 4.74 Å². The van der Waals surface area contributed by atoms with E-state index in [4.69, 9.17) is 16.3 Å². The van der Waals surface area contributed by atoms with E-state index in [0.717, 1.165) is 0 Å². The van der Waals surface area contributed by atoms with Gasteiger partial charge in [0.1, 0.15) is 5.75 Å². The second-order valence-electron chi connectivity index (χ2n) is 4.42. The molecule has 0 bridgehead atoms. The Kier molecular flexibility index (Phi) is 3.75. The maximum Gasteiger partial charge on any atom is 0.259 e. The summed E-state index contributed by atoms with van der Waals surface area (Å²) >= 11 is 5.19. The van der Waals surface area contributed by atoms with Crippen molar-refractivity contribution in [2.24, 2.45) is 0 Å². The first-order chi connectivity index (χ1) is 6.89. The third-order valence-electron chi connectivity index (χ3n) is 2.05. The first-order valence-corrected chi connectivity index (χ1v) is 5.19. The monoisotopic (exact) mass is 226 g/mol. The molecule has 0 unspecified atom stereocenters. The fourth-order valence-electron chi connectivity index (χ4n) is 1.19. The number of carbonyl (C=O) groups excluding carboxylic acids is 1. The first kappa shape index (κ1) is 12.1. The summed E-state index contributed by atoms with van der Waals surface area (Å²) < 4.78 is 5.22. The molecular formula is C12H15ClO2. The average Bonchev–Trinajstić information content (AvgIpc) is 2.14. The highest BCUT2D eigenvalue weighted by molar-refractivity contribution is 6.63. The molecular weight excluding hydrogens is 212 g/mol. The van der Waals surface area contributed by atoms with Crippen molar-refractivity contribution < 1.29 is 9.53 Å². The zero-order valence-corrected chi connectivity index (χ0v) is 9.97. The van der Waals surface area contributed by atoms with Crippen LogP contribution in [0.1, 0.15) is 26.3 Å². The molecule has 0 aliphatic carbocycles. The highest BCUT2D eigenvalue weighted by atomic mass is 35.5. The molecule has 0 aromatic heterocycles. The molecule has 2 nitrogen and oxygen atoms in total. The molecule has 0 N–H and O–H groups in total. The molecule has 0 aliphatic heterocycles. The van der Waals surface area contributed by atoms with Gasteiger partial charge in [0, 0.05) is 0 Å². The number of halogens is 1. The van der Waals surface area contributed by atoms with E-state index in [1.54, 1.807) is 0 Å². The highest BCUT2D eigenvalue weighted by Gasteiger charge is 2.13. The van der Waals surface area contributed by atoms with Crippen molar-refractivity contribution >= 4 is 16.8 Å². The Balaban J connectivity index is 2.79. The molecule has 0 spiro atoms. The molecule has 0 saturated carbocycles. The second kappa shape index (κ2) is 4.67. The number of ether oxygens (including phenoxy) is 1. The first-order valence-electron chi connectivity index (χ1n) is 4.81. The van der Waals surface area contributed by atoms with E-state index in [0.29, 0.717) is 5.75 Å². The number of rotatable bonds is 3. The van der Waals surface area contributed by atoms with Gasteiger partial charge in [0.25, 0.3) is 5.24 Å². The van der Waals surface area contributed by atoms with E-state index in [2.05, 4.69) is 20.8 Å². The van der Waals surface area contributed by atoms with Crippen molar-refractivity contribution in [3.63, 3.8) is 0 Å². The summed E-state index contributed by atoms with van der Waals surface area (Å²) in [7, 11) is 0. The van der Waals surface area contributed by atoms with Crippen molar-refractivity contribution in [3.05, 3.63) is 29.8 Å². The van der Waals surface area contributed by atoms with Gasteiger partial charge in [-0.15, -0.1) is 0 Å². The molecule has 0 saturated heterocycles. The molecule has 3 heteroatoms. The number of hydrogen-bond acceptors (Lipinski definition) is 2. The van der Waals surface area contributed by atoms with Crippen LogP contribution >= 0.6 is 11.6 Å². The van der Waals surface area contributed by atoms with Crippen LogP contribution in [0.15, 0.2) is 24.3 Å². The van der Waals surface area contributed by atoms with Crippen LogP contribution in [0.2, 0.25) is 0 Å². The molecule has 0 aliphatic rings. The summed E-state index contributed by atoms with van der Waals surface area (Å²) in [6.45, 7) is 6.28. The van der Waals surface area contributed by atoms with Gasteiger partial charge in [0.05, 0.1) is 0 Å². The predicted molar refractivity (Wildman–Crippen MR) is 61.5 cm³/mol. The van der Waals surface area contributed by atoms with Gasteiger partial charge in [-0.25, -0.2) is 0 Å². The van der Waals surface area contributed by atoms with Crippen molar-refractivity contribution in [1.29, 1.82) is 0 Å². The smallest absolute Gasteiger partial charge is 0.259 e. The largest absolute Gasteiger partial charge is 0.484 e. The van der Waals surface area contributed by atoms with Gasteiger partial charge in [-0.1, -0.05) is 32.9 Å². The van der Waals surface area contributed by atoms with E-state index in [9.17, 15) is 4.79 Å². The van der Waals surface area contributed by atoms with E-state index in [-0.39, 0.29) is 12.0 Å². The second-order valence-corrected chi connectivity index (χ2v) is 4.84. The fraction of sp³-hybridized carbons (Fsp3) is 0.417. The van der Waals surface area contributed by atoms with Crippen LogP contribution in [0.4, 0.5) is 0 Å². The van der Waals surface area contributed by atoms with Crippen molar-refractivity contribution in [2.45, 2.75) is 26.2 Å². The summed E-state index contributed by atoms with van der Waals surface area (Å²) in [6, 6.07) is 7.69. The quantitative estimate of drug-likeness (QED) is 0.741. The van der Waals surface area contributed by atoms with Gasteiger partial charge in [0.15, 0.2) is 6.61 Å². The molecule has 15 heavy (non-hydrogen) atoms. The van der Waals surface area contributed by atoms with E-state index < -0.39 is 5.24 Å². The molecule has 0 radical (unpaired) electrons. The summed E-state index contributed by atoms with van der Waals surface area (Å²) in [5, 5.41) is -0.490. The van der Waals surface area contributed by atoms with E-state index in [1.165, 1.54) is 5.56 Å². The number of hydrogen-bond donors (Lipinski definition) is 0. The van der Waals surface area contributed by atoms with Crippen LogP contribution in [0, 0.1) is 0 Å².